The number of carboxylic acids is 1. The summed E-state index contributed by atoms with van der Waals surface area (Å²) in [5.41, 5.74) is 5.18. The van der Waals surface area contributed by atoms with E-state index in [4.69, 9.17) is 20.3 Å². The highest BCUT2D eigenvalue weighted by atomic mass is 19.4. The number of imide groups is 1. The van der Waals surface area contributed by atoms with Crippen molar-refractivity contribution in [3.8, 4) is 11.5 Å². The number of nitrogens with one attached hydrogen (secondary N) is 1. The van der Waals surface area contributed by atoms with Gasteiger partial charge < -0.3 is 20.3 Å². The second-order valence-corrected chi connectivity index (χ2v) is 6.80. The average Bonchev–Trinajstić information content (AvgIpc) is 3.00. The van der Waals surface area contributed by atoms with Gasteiger partial charge in [-0.2, -0.15) is 13.2 Å². The van der Waals surface area contributed by atoms with Crippen molar-refractivity contribution in [3.05, 3.63) is 59.2 Å². The number of hydrogen-bond acceptors (Lipinski definition) is 6. The van der Waals surface area contributed by atoms with Gasteiger partial charge in [0.25, 0.3) is 5.91 Å². The minimum absolute atomic E-state index is 0.0108. The Labute approximate surface area is 173 Å². The van der Waals surface area contributed by atoms with Gasteiger partial charge in [0.1, 0.15) is 17.5 Å². The molecule has 2 unspecified atom stereocenters. The highest BCUT2D eigenvalue weighted by Gasteiger charge is 2.33. The molecule has 1 aliphatic rings. The number of halogens is 3. The lowest BCUT2D eigenvalue weighted by Gasteiger charge is -2.16. The largest absolute Gasteiger partial charge is 0.480 e. The number of carbonyl (C=O) groups excluding carboxylic acids is 2. The van der Waals surface area contributed by atoms with E-state index >= 15 is 0 Å². The summed E-state index contributed by atoms with van der Waals surface area (Å²) in [4.78, 5) is 33.6. The molecule has 2 aromatic carbocycles. The second-order valence-electron chi connectivity index (χ2n) is 6.80. The van der Waals surface area contributed by atoms with E-state index in [2.05, 4.69) is 0 Å². The Bertz CT molecular complexity index is 1010. The van der Waals surface area contributed by atoms with Crippen LogP contribution in [-0.4, -0.2) is 35.2 Å². The summed E-state index contributed by atoms with van der Waals surface area (Å²) in [5.74, 6) is -1.61. The summed E-state index contributed by atoms with van der Waals surface area (Å²) in [6.45, 7) is 0. The van der Waals surface area contributed by atoms with Crippen LogP contribution in [0, 0.1) is 0 Å². The zero-order valence-electron chi connectivity index (χ0n) is 15.8. The molecule has 1 fully saturated rings. The van der Waals surface area contributed by atoms with Gasteiger partial charge in [-0.1, -0.05) is 12.1 Å². The van der Waals surface area contributed by atoms with E-state index in [9.17, 15) is 27.6 Å². The van der Waals surface area contributed by atoms with Crippen LogP contribution in [0.2, 0.25) is 0 Å². The molecule has 2 amide bonds. The molecule has 1 heterocycles. The number of rotatable bonds is 7. The van der Waals surface area contributed by atoms with Gasteiger partial charge >= 0.3 is 18.2 Å². The first-order valence-electron chi connectivity index (χ1n) is 8.99. The minimum atomic E-state index is -4.61. The Morgan fingerprint density at radius 2 is 1.87 bits per heavy atom. The molecule has 3 rings (SSSR count). The molecule has 164 valence electrons. The lowest BCUT2D eigenvalue weighted by molar-refractivity contribution is -0.138. The SMILES string of the molecule is NC(Cc1cc(C(F)(F)F)ccc1Oc1ccc(CC2OC(=O)NC2=O)cc1)C(=O)O. The predicted octanol–water partition coefficient (Wildman–Crippen LogP) is 2.63. The topological polar surface area (TPSA) is 128 Å². The number of alkyl carbamates (subject to hydrolysis) is 1. The molecule has 1 aliphatic heterocycles. The summed E-state index contributed by atoms with van der Waals surface area (Å²) in [5, 5.41) is 11.0. The molecule has 0 saturated carbocycles. The maximum atomic E-state index is 13.0. The highest BCUT2D eigenvalue weighted by molar-refractivity contribution is 6.00. The Kier molecular flexibility index (Phi) is 6.16. The third-order valence-corrected chi connectivity index (χ3v) is 4.48. The Morgan fingerprint density at radius 1 is 1.19 bits per heavy atom. The molecule has 11 heteroatoms. The van der Waals surface area contributed by atoms with Gasteiger partial charge in [-0.3, -0.25) is 14.9 Å². The lowest BCUT2D eigenvalue weighted by atomic mass is 10.0. The fourth-order valence-corrected chi connectivity index (χ4v) is 2.90. The van der Waals surface area contributed by atoms with Crippen molar-refractivity contribution in [2.45, 2.75) is 31.2 Å². The molecule has 0 aromatic heterocycles. The number of ether oxygens (including phenoxy) is 2. The Balaban J connectivity index is 1.78. The van der Waals surface area contributed by atoms with Gasteiger partial charge in [0.15, 0.2) is 6.10 Å². The predicted molar refractivity (Wildman–Crippen MR) is 99.4 cm³/mol. The fourth-order valence-electron chi connectivity index (χ4n) is 2.90. The van der Waals surface area contributed by atoms with Crippen LogP contribution < -0.4 is 15.8 Å². The summed E-state index contributed by atoms with van der Waals surface area (Å²) >= 11 is 0. The van der Waals surface area contributed by atoms with Crippen LogP contribution >= 0.6 is 0 Å². The van der Waals surface area contributed by atoms with E-state index in [1.165, 1.54) is 12.1 Å². The molecular weight excluding hydrogens is 421 g/mol. The van der Waals surface area contributed by atoms with Gasteiger partial charge in [0.2, 0.25) is 0 Å². The quantitative estimate of drug-likeness (QED) is 0.606. The third kappa shape index (κ3) is 5.51. The molecule has 2 aromatic rings. The molecule has 4 N–H and O–H groups in total. The molecule has 8 nitrogen and oxygen atoms in total. The number of cyclic esters (lactones) is 1. The summed E-state index contributed by atoms with van der Waals surface area (Å²) in [7, 11) is 0. The lowest BCUT2D eigenvalue weighted by Crippen LogP contribution is -2.32. The van der Waals surface area contributed by atoms with Gasteiger partial charge in [-0.25, -0.2) is 4.79 Å². The van der Waals surface area contributed by atoms with Gasteiger partial charge in [-0.15, -0.1) is 0 Å². The van der Waals surface area contributed by atoms with Crippen molar-refractivity contribution in [1.82, 2.24) is 5.32 Å². The average molecular weight is 438 g/mol. The van der Waals surface area contributed by atoms with Crippen LogP contribution in [-0.2, 0) is 33.3 Å². The number of alkyl halides is 3. The number of carbonyl (C=O) groups is 3. The first-order valence-corrected chi connectivity index (χ1v) is 8.99. The Hall–Kier alpha value is -3.60. The zero-order valence-corrected chi connectivity index (χ0v) is 15.8. The maximum Gasteiger partial charge on any atom is 0.416 e. The molecular formula is C20H17F3N2O6. The zero-order chi connectivity index (χ0) is 22.8. The molecule has 2 atom stereocenters. The van der Waals surface area contributed by atoms with Crippen LogP contribution in [0.25, 0.3) is 0 Å². The first-order chi connectivity index (χ1) is 14.5. The number of nitrogens with two attached hydrogens (primary N) is 1. The van der Waals surface area contributed by atoms with E-state index in [-0.39, 0.29) is 29.9 Å². The van der Waals surface area contributed by atoms with Crippen molar-refractivity contribution < 1.29 is 42.1 Å². The van der Waals surface area contributed by atoms with E-state index in [1.807, 2.05) is 5.32 Å². The van der Waals surface area contributed by atoms with E-state index in [0.717, 1.165) is 18.2 Å². The van der Waals surface area contributed by atoms with Crippen LogP contribution in [0.5, 0.6) is 11.5 Å². The summed E-state index contributed by atoms with van der Waals surface area (Å²) in [6, 6.07) is 7.55. The first kappa shape index (κ1) is 22.1. The minimum Gasteiger partial charge on any atom is -0.480 e. The number of carboxylic acid groups (broad SMARTS) is 1. The number of aliphatic carboxylic acids is 1. The molecule has 0 radical (unpaired) electrons. The normalized spacial score (nSPS) is 17.1. The third-order valence-electron chi connectivity index (χ3n) is 4.48. The molecule has 0 aliphatic carbocycles. The standard InChI is InChI=1S/C20H17F3N2O6/c21-20(22,23)12-3-6-15(11(8-12)9-14(24)18(27)28)30-13-4-1-10(2-5-13)7-16-17(26)25-19(29)31-16/h1-6,8,14,16H,7,9,24H2,(H,27,28)(H,25,26,29). The molecule has 1 saturated heterocycles. The van der Waals surface area contributed by atoms with Gasteiger partial charge in [0.05, 0.1) is 5.56 Å². The van der Waals surface area contributed by atoms with Crippen molar-refractivity contribution in [2.75, 3.05) is 0 Å². The van der Waals surface area contributed by atoms with Crippen LogP contribution in [0.4, 0.5) is 18.0 Å². The monoisotopic (exact) mass is 438 g/mol. The summed E-state index contributed by atoms with van der Waals surface area (Å²) in [6.07, 6.45) is -6.60. The fraction of sp³-hybridized carbons (Fsp3) is 0.250. The van der Waals surface area contributed by atoms with Crippen LogP contribution in [0.3, 0.4) is 0 Å². The van der Waals surface area contributed by atoms with Crippen LogP contribution in [0.1, 0.15) is 16.7 Å². The van der Waals surface area contributed by atoms with Crippen molar-refractivity contribution in [2.24, 2.45) is 5.73 Å². The molecule has 0 spiro atoms. The molecule has 0 bridgehead atoms. The smallest absolute Gasteiger partial charge is 0.416 e. The van der Waals surface area contributed by atoms with Gasteiger partial charge in [-0.05, 0) is 41.5 Å². The number of hydrogen-bond donors (Lipinski definition) is 3. The maximum absolute atomic E-state index is 13.0. The summed E-state index contributed by atoms with van der Waals surface area (Å²) < 4.78 is 49.6. The van der Waals surface area contributed by atoms with Crippen molar-refractivity contribution in [1.29, 1.82) is 0 Å². The second kappa shape index (κ2) is 8.64. The molecule has 31 heavy (non-hydrogen) atoms. The van der Waals surface area contributed by atoms with Crippen LogP contribution in [0.15, 0.2) is 42.5 Å². The number of amides is 2. The highest BCUT2D eigenvalue weighted by Crippen LogP contribution is 2.34. The number of benzene rings is 2. The van der Waals surface area contributed by atoms with Crippen molar-refractivity contribution >= 4 is 18.0 Å². The van der Waals surface area contributed by atoms with E-state index < -0.39 is 41.9 Å². The van der Waals surface area contributed by atoms with Crippen molar-refractivity contribution in [3.63, 3.8) is 0 Å². The Morgan fingerprint density at radius 3 is 2.42 bits per heavy atom. The van der Waals surface area contributed by atoms with E-state index in [1.54, 1.807) is 12.1 Å². The van der Waals surface area contributed by atoms with Gasteiger partial charge in [0, 0.05) is 12.8 Å². The van der Waals surface area contributed by atoms with E-state index in [0.29, 0.717) is 5.56 Å².